The van der Waals surface area contributed by atoms with Crippen LogP contribution in [0.5, 0.6) is 0 Å². The highest BCUT2D eigenvalue weighted by atomic mass is 32.2. The molecular formula is C21H23N5O3S. The first-order valence-electron chi connectivity index (χ1n) is 9.27. The SMILES string of the molecule is C=CCNS(=O)(=O)Cc1ccc(NC(=O)c2nnn(-c3ccc(C)cc3)c2C)cc1. The highest BCUT2D eigenvalue weighted by molar-refractivity contribution is 7.88. The summed E-state index contributed by atoms with van der Waals surface area (Å²) in [6.07, 6.45) is 1.48. The van der Waals surface area contributed by atoms with Gasteiger partial charge in [-0.2, -0.15) is 0 Å². The Kier molecular flexibility index (Phi) is 6.43. The van der Waals surface area contributed by atoms with Crippen molar-refractivity contribution in [2.24, 2.45) is 0 Å². The van der Waals surface area contributed by atoms with Gasteiger partial charge in [-0.3, -0.25) is 4.79 Å². The lowest BCUT2D eigenvalue weighted by molar-refractivity contribution is 0.102. The van der Waals surface area contributed by atoms with Crippen molar-refractivity contribution < 1.29 is 13.2 Å². The largest absolute Gasteiger partial charge is 0.321 e. The van der Waals surface area contributed by atoms with Gasteiger partial charge in [0.1, 0.15) is 0 Å². The smallest absolute Gasteiger partial charge is 0.278 e. The Morgan fingerprint density at radius 2 is 1.77 bits per heavy atom. The van der Waals surface area contributed by atoms with Gasteiger partial charge in [0, 0.05) is 12.2 Å². The summed E-state index contributed by atoms with van der Waals surface area (Å²) in [7, 11) is -3.44. The van der Waals surface area contributed by atoms with E-state index in [4.69, 9.17) is 0 Å². The molecule has 8 nitrogen and oxygen atoms in total. The number of hydrogen-bond acceptors (Lipinski definition) is 5. The van der Waals surface area contributed by atoms with Crippen LogP contribution in [0, 0.1) is 13.8 Å². The minimum atomic E-state index is -3.44. The van der Waals surface area contributed by atoms with Crippen LogP contribution in [0.25, 0.3) is 5.69 Å². The Morgan fingerprint density at radius 1 is 1.10 bits per heavy atom. The zero-order chi connectivity index (χ0) is 21.7. The van der Waals surface area contributed by atoms with Crippen LogP contribution in [0.1, 0.15) is 27.3 Å². The number of aryl methyl sites for hydroxylation is 1. The molecule has 0 aliphatic rings. The highest BCUT2D eigenvalue weighted by Gasteiger charge is 2.18. The molecule has 2 aromatic carbocycles. The van der Waals surface area contributed by atoms with Gasteiger partial charge in [-0.25, -0.2) is 17.8 Å². The molecule has 9 heteroatoms. The van der Waals surface area contributed by atoms with Crippen LogP contribution in [0.3, 0.4) is 0 Å². The van der Waals surface area contributed by atoms with Gasteiger partial charge in [0.25, 0.3) is 5.91 Å². The minimum Gasteiger partial charge on any atom is -0.321 e. The van der Waals surface area contributed by atoms with Gasteiger partial charge in [-0.05, 0) is 43.7 Å². The average Bonchev–Trinajstić information content (AvgIpc) is 3.10. The van der Waals surface area contributed by atoms with E-state index in [1.165, 1.54) is 6.08 Å². The summed E-state index contributed by atoms with van der Waals surface area (Å²) < 4.78 is 27.9. The van der Waals surface area contributed by atoms with E-state index in [0.717, 1.165) is 11.3 Å². The third-order valence-corrected chi connectivity index (χ3v) is 5.72. The Morgan fingerprint density at radius 3 is 2.40 bits per heavy atom. The molecule has 30 heavy (non-hydrogen) atoms. The van der Waals surface area contributed by atoms with E-state index < -0.39 is 10.0 Å². The van der Waals surface area contributed by atoms with Crippen LogP contribution in [-0.4, -0.2) is 35.9 Å². The molecule has 156 valence electrons. The second-order valence-corrected chi connectivity index (χ2v) is 8.62. The van der Waals surface area contributed by atoms with Gasteiger partial charge in [-0.1, -0.05) is 41.1 Å². The molecule has 0 atom stereocenters. The van der Waals surface area contributed by atoms with E-state index in [9.17, 15) is 13.2 Å². The van der Waals surface area contributed by atoms with Crippen LogP contribution >= 0.6 is 0 Å². The summed E-state index contributed by atoms with van der Waals surface area (Å²) in [5, 5.41) is 10.9. The molecular weight excluding hydrogens is 402 g/mol. The van der Waals surface area contributed by atoms with Gasteiger partial charge in [0.2, 0.25) is 10.0 Å². The van der Waals surface area contributed by atoms with Crippen molar-refractivity contribution in [3.05, 3.63) is 83.7 Å². The average molecular weight is 426 g/mol. The fraction of sp³-hybridized carbons (Fsp3) is 0.190. The third-order valence-electron chi connectivity index (χ3n) is 4.40. The maximum Gasteiger partial charge on any atom is 0.278 e. The lowest BCUT2D eigenvalue weighted by Gasteiger charge is -2.07. The predicted octanol–water partition coefficient (Wildman–Crippen LogP) is 2.74. The quantitative estimate of drug-likeness (QED) is 0.540. The molecule has 0 spiro atoms. The number of rotatable bonds is 8. The summed E-state index contributed by atoms with van der Waals surface area (Å²) in [5.74, 6) is -0.544. The summed E-state index contributed by atoms with van der Waals surface area (Å²) in [4.78, 5) is 12.6. The monoisotopic (exact) mass is 425 g/mol. The Hall–Kier alpha value is -3.30. The third kappa shape index (κ3) is 5.19. The van der Waals surface area contributed by atoms with E-state index >= 15 is 0 Å². The topological polar surface area (TPSA) is 106 Å². The van der Waals surface area contributed by atoms with Crippen LogP contribution in [0.15, 0.2) is 61.2 Å². The molecule has 0 radical (unpaired) electrons. The minimum absolute atomic E-state index is 0.154. The Balaban J connectivity index is 1.69. The molecule has 0 saturated carbocycles. The fourth-order valence-electron chi connectivity index (χ4n) is 2.80. The first kappa shape index (κ1) is 21.4. The predicted molar refractivity (Wildman–Crippen MR) is 116 cm³/mol. The van der Waals surface area contributed by atoms with Gasteiger partial charge < -0.3 is 5.32 Å². The summed E-state index contributed by atoms with van der Waals surface area (Å²) in [5.41, 5.74) is 3.92. The first-order valence-corrected chi connectivity index (χ1v) is 10.9. The Labute approximate surface area is 175 Å². The molecule has 3 aromatic rings. The number of carbonyl (C=O) groups is 1. The van der Waals surface area contributed by atoms with Crippen molar-refractivity contribution in [1.29, 1.82) is 0 Å². The molecule has 0 aliphatic carbocycles. The molecule has 0 aliphatic heterocycles. The van der Waals surface area contributed by atoms with Crippen LogP contribution in [0.2, 0.25) is 0 Å². The van der Waals surface area contributed by atoms with Gasteiger partial charge in [0.05, 0.1) is 17.1 Å². The van der Waals surface area contributed by atoms with Crippen molar-refractivity contribution in [2.75, 3.05) is 11.9 Å². The standard InChI is InChI=1S/C21H23N5O3S/c1-4-13-22-30(28,29)14-17-7-9-18(10-8-17)23-21(27)20-16(3)26(25-24-20)19-11-5-15(2)6-12-19/h4-12,22H,1,13-14H2,2-3H3,(H,23,27). The molecule has 0 unspecified atom stereocenters. The summed E-state index contributed by atoms with van der Waals surface area (Å²) in [6, 6.07) is 14.4. The number of nitrogens with one attached hydrogen (secondary N) is 2. The number of anilines is 1. The van der Waals surface area contributed by atoms with E-state index in [-0.39, 0.29) is 23.9 Å². The zero-order valence-corrected chi connectivity index (χ0v) is 17.6. The number of nitrogens with zero attached hydrogens (tertiary/aromatic N) is 3. The van der Waals surface area contributed by atoms with E-state index in [1.54, 1.807) is 35.9 Å². The van der Waals surface area contributed by atoms with Crippen molar-refractivity contribution in [3.63, 3.8) is 0 Å². The van der Waals surface area contributed by atoms with Crippen LogP contribution in [-0.2, 0) is 15.8 Å². The van der Waals surface area contributed by atoms with Crippen molar-refractivity contribution in [1.82, 2.24) is 19.7 Å². The summed E-state index contributed by atoms with van der Waals surface area (Å²) in [6.45, 7) is 7.44. The van der Waals surface area contributed by atoms with Crippen LogP contribution < -0.4 is 10.0 Å². The fourth-order valence-corrected chi connectivity index (χ4v) is 3.91. The van der Waals surface area contributed by atoms with Crippen molar-refractivity contribution in [2.45, 2.75) is 19.6 Å². The molecule has 1 heterocycles. The molecule has 1 amide bonds. The normalized spacial score (nSPS) is 11.3. The van der Waals surface area contributed by atoms with Gasteiger partial charge in [0.15, 0.2) is 5.69 Å². The Bertz CT molecular complexity index is 1150. The molecule has 2 N–H and O–H groups in total. The molecule has 1 aromatic heterocycles. The van der Waals surface area contributed by atoms with E-state index in [1.807, 2.05) is 31.2 Å². The molecule has 0 saturated heterocycles. The molecule has 0 bridgehead atoms. The number of aromatic nitrogens is 3. The number of benzene rings is 2. The van der Waals surface area contributed by atoms with E-state index in [0.29, 0.717) is 16.9 Å². The van der Waals surface area contributed by atoms with Crippen molar-refractivity contribution in [3.8, 4) is 5.69 Å². The number of carbonyl (C=O) groups excluding carboxylic acids is 1. The van der Waals surface area contributed by atoms with Gasteiger partial charge >= 0.3 is 0 Å². The highest BCUT2D eigenvalue weighted by Crippen LogP contribution is 2.16. The van der Waals surface area contributed by atoms with Crippen molar-refractivity contribution >= 4 is 21.6 Å². The first-order chi connectivity index (χ1) is 14.3. The maximum absolute atomic E-state index is 12.6. The second kappa shape index (κ2) is 9.02. The van der Waals surface area contributed by atoms with E-state index in [2.05, 4.69) is 26.9 Å². The maximum atomic E-state index is 12.6. The lowest BCUT2D eigenvalue weighted by atomic mass is 10.2. The zero-order valence-electron chi connectivity index (χ0n) is 16.8. The molecule has 0 fully saturated rings. The summed E-state index contributed by atoms with van der Waals surface area (Å²) >= 11 is 0. The lowest BCUT2D eigenvalue weighted by Crippen LogP contribution is -2.25. The number of amides is 1. The number of sulfonamides is 1. The molecule has 3 rings (SSSR count). The number of hydrogen-bond donors (Lipinski definition) is 2. The van der Waals surface area contributed by atoms with Crippen LogP contribution in [0.4, 0.5) is 5.69 Å². The van der Waals surface area contributed by atoms with Gasteiger partial charge in [-0.15, -0.1) is 11.7 Å². The second-order valence-electron chi connectivity index (χ2n) is 6.82.